The van der Waals surface area contributed by atoms with Crippen LogP contribution in [0.3, 0.4) is 0 Å². The second kappa shape index (κ2) is 38.5. The number of carbonyl (C=O) groups excluding carboxylic acids is 1. The van der Waals surface area contributed by atoms with Crippen LogP contribution in [0, 0.1) is 0 Å². The highest BCUT2D eigenvalue weighted by molar-refractivity contribution is 5.76. The Bertz CT molecular complexity index is 1540. The molecule has 2 heterocycles. The molecule has 14 nitrogen and oxygen atoms in total. The lowest BCUT2D eigenvalue weighted by Gasteiger charge is -2.46. The third kappa shape index (κ3) is 25.7. The monoisotopic (exact) mass is 944 g/mol. The summed E-state index contributed by atoms with van der Waals surface area (Å²) in [6.07, 6.45) is 35.7. The Hall–Kier alpha value is -3.35. The van der Waals surface area contributed by atoms with E-state index in [4.69, 9.17) is 18.9 Å². The van der Waals surface area contributed by atoms with Gasteiger partial charge in [0, 0.05) is 6.42 Å². The molecule has 380 valence electrons. The smallest absolute Gasteiger partial charge is 0.220 e. The third-order valence-corrected chi connectivity index (χ3v) is 11.2. The molecule has 12 unspecified atom stereocenters. The van der Waals surface area contributed by atoms with Gasteiger partial charge >= 0.3 is 0 Å². The Kier molecular flexibility index (Phi) is 34.3. The van der Waals surface area contributed by atoms with E-state index in [1.54, 1.807) is 6.08 Å². The van der Waals surface area contributed by atoms with Crippen molar-refractivity contribution in [1.29, 1.82) is 0 Å². The normalized spacial score (nSPS) is 27.6. The highest BCUT2D eigenvalue weighted by Gasteiger charge is 2.51. The zero-order valence-corrected chi connectivity index (χ0v) is 40.1. The van der Waals surface area contributed by atoms with E-state index < -0.39 is 86.8 Å². The molecule has 0 spiro atoms. The summed E-state index contributed by atoms with van der Waals surface area (Å²) < 4.78 is 22.6. The van der Waals surface area contributed by atoms with Gasteiger partial charge in [-0.3, -0.25) is 4.79 Å². The van der Waals surface area contributed by atoms with Crippen LogP contribution in [-0.4, -0.2) is 140 Å². The number of nitrogens with one attached hydrogen (secondary N) is 1. The van der Waals surface area contributed by atoms with Crippen LogP contribution in [0.1, 0.15) is 123 Å². The van der Waals surface area contributed by atoms with Crippen LogP contribution in [0.15, 0.2) is 109 Å². The lowest BCUT2D eigenvalue weighted by Crippen LogP contribution is -2.65. The molecule has 9 N–H and O–H groups in total. The molecule has 2 rings (SSSR count). The summed E-state index contributed by atoms with van der Waals surface area (Å²) in [6.45, 7) is 2.46. The highest BCUT2D eigenvalue weighted by Crippen LogP contribution is 2.30. The van der Waals surface area contributed by atoms with E-state index in [-0.39, 0.29) is 18.9 Å². The number of ether oxygens (including phenoxy) is 4. The highest BCUT2D eigenvalue weighted by atomic mass is 16.7. The molecule has 2 aliphatic rings. The molecule has 2 aliphatic heterocycles. The molecule has 1 amide bonds. The minimum Gasteiger partial charge on any atom is -0.394 e. The Morgan fingerprint density at radius 2 is 1.00 bits per heavy atom. The van der Waals surface area contributed by atoms with Gasteiger partial charge in [-0.15, -0.1) is 0 Å². The Morgan fingerprint density at radius 3 is 1.57 bits per heavy atom. The van der Waals surface area contributed by atoms with Crippen molar-refractivity contribution in [1.82, 2.24) is 5.32 Å². The number of rotatable bonds is 35. The first-order valence-electron chi connectivity index (χ1n) is 24.6. The van der Waals surface area contributed by atoms with E-state index in [9.17, 15) is 45.6 Å². The number of aliphatic hydroxyl groups is 8. The fraction of sp³-hybridized carbons (Fsp3) is 0.642. The minimum absolute atomic E-state index is 0.232. The van der Waals surface area contributed by atoms with Crippen LogP contribution < -0.4 is 5.32 Å². The van der Waals surface area contributed by atoms with Crippen molar-refractivity contribution in [2.24, 2.45) is 0 Å². The molecule has 0 aromatic heterocycles. The van der Waals surface area contributed by atoms with Crippen molar-refractivity contribution in [3.8, 4) is 0 Å². The summed E-state index contributed by atoms with van der Waals surface area (Å²) >= 11 is 0. The first kappa shape index (κ1) is 59.8. The summed E-state index contributed by atoms with van der Waals surface area (Å²) in [7, 11) is 0. The quantitative estimate of drug-likeness (QED) is 0.0257. The van der Waals surface area contributed by atoms with Crippen molar-refractivity contribution in [2.75, 3.05) is 19.8 Å². The average Bonchev–Trinajstić information content (AvgIpc) is 3.32. The van der Waals surface area contributed by atoms with Gasteiger partial charge in [0.05, 0.1) is 32.0 Å². The molecule has 67 heavy (non-hydrogen) atoms. The van der Waals surface area contributed by atoms with Crippen LogP contribution in [0.5, 0.6) is 0 Å². The van der Waals surface area contributed by atoms with Crippen molar-refractivity contribution < 1.29 is 64.6 Å². The van der Waals surface area contributed by atoms with Crippen LogP contribution in [-0.2, 0) is 23.7 Å². The third-order valence-electron chi connectivity index (χ3n) is 11.2. The van der Waals surface area contributed by atoms with Crippen molar-refractivity contribution in [3.05, 3.63) is 109 Å². The van der Waals surface area contributed by atoms with Crippen molar-refractivity contribution in [3.63, 3.8) is 0 Å². The van der Waals surface area contributed by atoms with Crippen molar-refractivity contribution in [2.45, 2.75) is 197 Å². The first-order chi connectivity index (χ1) is 32.6. The minimum atomic E-state index is -1.80. The summed E-state index contributed by atoms with van der Waals surface area (Å²) in [5.74, 6) is -0.288. The molecule has 0 aromatic carbocycles. The topological polar surface area (TPSA) is 228 Å². The van der Waals surface area contributed by atoms with E-state index >= 15 is 0 Å². The first-order valence-corrected chi connectivity index (χ1v) is 24.6. The second-order valence-corrected chi connectivity index (χ2v) is 16.8. The molecule has 12 atom stereocenters. The molecule has 0 aromatic rings. The Balaban J connectivity index is 1.83. The number of aliphatic hydroxyl groups excluding tert-OH is 8. The maximum atomic E-state index is 13.1. The lowest BCUT2D eigenvalue weighted by atomic mass is 9.97. The molecule has 2 saturated heterocycles. The standard InChI is InChI=1S/C53H85NO13/c1-3-5-7-9-11-13-15-16-17-18-19-20-21-22-23-24-25-26-27-29-31-33-35-37-45(58)54-41(42(57)36-34-32-30-28-14-12-10-8-6-4-2)40-64-52-50(63)48(61)51(44(39-56)66-52)67-53-49(62)47(60)46(59)43(38-55)65-53/h5-8,11,13-14,16-17,19-20,22-23,25-26,28,34,36,41-44,46-53,55-57,59-63H,3-4,9-10,12,15,18,21,24,27,29-33,35,37-40H2,1-2H3,(H,54,58)/b7-5-,8-6+,13-11-,17-16-,20-19-,23-22-,26-25-,28-14+,36-34+. The predicted octanol–water partition coefficient (Wildman–Crippen LogP) is 6.15. The number of amides is 1. The van der Waals surface area contributed by atoms with Gasteiger partial charge in [-0.05, 0) is 89.9 Å². The van der Waals surface area contributed by atoms with Gasteiger partial charge in [0.25, 0.3) is 0 Å². The Labute approximate surface area is 400 Å². The number of unbranched alkanes of at least 4 members (excludes halogenated alkanes) is 6. The average molecular weight is 944 g/mol. The summed E-state index contributed by atoms with van der Waals surface area (Å²) in [5, 5.41) is 86.5. The van der Waals surface area contributed by atoms with Crippen molar-refractivity contribution >= 4 is 5.91 Å². The Morgan fingerprint density at radius 1 is 0.537 bits per heavy atom. The maximum absolute atomic E-state index is 13.1. The number of allylic oxidation sites excluding steroid dienone is 17. The van der Waals surface area contributed by atoms with E-state index in [2.05, 4.69) is 116 Å². The zero-order chi connectivity index (χ0) is 48.9. The van der Waals surface area contributed by atoms with E-state index in [0.29, 0.717) is 12.8 Å². The van der Waals surface area contributed by atoms with Crippen LogP contribution in [0.4, 0.5) is 0 Å². The fourth-order valence-corrected chi connectivity index (χ4v) is 7.21. The predicted molar refractivity (Wildman–Crippen MR) is 262 cm³/mol. The molecular formula is C53H85NO13. The second-order valence-electron chi connectivity index (χ2n) is 16.8. The van der Waals surface area contributed by atoms with Gasteiger partial charge in [-0.1, -0.05) is 136 Å². The molecule has 0 saturated carbocycles. The summed E-state index contributed by atoms with van der Waals surface area (Å²) in [4.78, 5) is 13.1. The largest absolute Gasteiger partial charge is 0.394 e. The number of carbonyl (C=O) groups is 1. The molecule has 0 aliphatic carbocycles. The molecule has 0 bridgehead atoms. The summed E-state index contributed by atoms with van der Waals surface area (Å²) in [5.41, 5.74) is 0. The van der Waals surface area contributed by atoms with Gasteiger partial charge < -0.3 is 65.1 Å². The number of hydrogen-bond donors (Lipinski definition) is 9. The molecular weight excluding hydrogens is 859 g/mol. The maximum Gasteiger partial charge on any atom is 0.220 e. The van der Waals surface area contributed by atoms with E-state index in [1.807, 2.05) is 6.08 Å². The van der Waals surface area contributed by atoms with Crippen LogP contribution in [0.25, 0.3) is 0 Å². The van der Waals surface area contributed by atoms with Gasteiger partial charge in [-0.25, -0.2) is 0 Å². The van der Waals surface area contributed by atoms with Gasteiger partial charge in [-0.2, -0.15) is 0 Å². The summed E-state index contributed by atoms with van der Waals surface area (Å²) in [6, 6.07) is -0.957. The lowest BCUT2D eigenvalue weighted by molar-refractivity contribution is -0.359. The van der Waals surface area contributed by atoms with Gasteiger partial charge in [0.1, 0.15) is 48.8 Å². The fourth-order valence-electron chi connectivity index (χ4n) is 7.21. The molecule has 0 radical (unpaired) electrons. The van der Waals surface area contributed by atoms with E-state index in [1.165, 1.54) is 0 Å². The van der Waals surface area contributed by atoms with Crippen LogP contribution in [0.2, 0.25) is 0 Å². The van der Waals surface area contributed by atoms with Crippen LogP contribution >= 0.6 is 0 Å². The molecule has 14 heteroatoms. The number of hydrogen-bond acceptors (Lipinski definition) is 13. The molecule has 2 fully saturated rings. The SMILES string of the molecule is CC/C=C\C/C=C\C/C=C\C/C=C\C/C=C\C/C=C\CCCCCCC(=O)NC(COC1OC(CO)C(OC2OC(CO)C(O)C(O)C2O)C(O)C1O)C(O)/C=C/CC/C=C/CC/C=C/CC. The van der Waals surface area contributed by atoms with Gasteiger partial charge in [0.15, 0.2) is 12.6 Å². The zero-order valence-electron chi connectivity index (χ0n) is 40.1. The van der Waals surface area contributed by atoms with Gasteiger partial charge in [0.2, 0.25) is 5.91 Å². The van der Waals surface area contributed by atoms with E-state index in [0.717, 1.165) is 89.9 Å².